The molecule has 136 valence electrons. The van der Waals surface area contributed by atoms with Crippen LogP contribution in [0, 0.1) is 0 Å². The molecule has 1 amide bonds. The summed E-state index contributed by atoms with van der Waals surface area (Å²) in [6.45, 7) is 1.95. The summed E-state index contributed by atoms with van der Waals surface area (Å²) in [5, 5.41) is 4.09. The van der Waals surface area contributed by atoms with E-state index in [9.17, 15) is 13.2 Å². The van der Waals surface area contributed by atoms with E-state index in [1.54, 1.807) is 22.9 Å². The number of thiophene rings is 1. The Bertz CT molecular complexity index is 1050. The summed E-state index contributed by atoms with van der Waals surface area (Å²) in [6.07, 6.45) is 1.36. The molecule has 0 bridgehead atoms. The van der Waals surface area contributed by atoms with Gasteiger partial charge < -0.3 is 15.1 Å². The van der Waals surface area contributed by atoms with Crippen molar-refractivity contribution in [1.82, 2.24) is 4.31 Å². The van der Waals surface area contributed by atoms with Crippen LogP contribution < -0.4 is 10.6 Å². The minimum absolute atomic E-state index is 0.348. The fourth-order valence-corrected chi connectivity index (χ4v) is 5.58. The van der Waals surface area contributed by atoms with E-state index in [1.165, 1.54) is 21.9 Å². The molecule has 0 atom stereocenters. The highest BCUT2D eigenvalue weighted by atomic mass is 32.2. The molecule has 1 aliphatic rings. The number of piperazine rings is 1. The Morgan fingerprint density at radius 2 is 1.92 bits per heavy atom. The highest BCUT2D eigenvalue weighted by Gasteiger charge is 2.29. The molecule has 2 N–H and O–H groups in total. The third-order valence-electron chi connectivity index (χ3n) is 4.56. The van der Waals surface area contributed by atoms with Crippen LogP contribution >= 0.6 is 11.3 Å². The fraction of sp³-hybridized carbons (Fsp3) is 0.235. The number of carbonyl (C=O) groups excluding carboxylic acids is 1. The number of primary amides is 1. The van der Waals surface area contributed by atoms with Crippen molar-refractivity contribution in [3.8, 4) is 0 Å². The lowest BCUT2D eigenvalue weighted by molar-refractivity contribution is 0.100. The van der Waals surface area contributed by atoms with Gasteiger partial charge in [0, 0.05) is 42.6 Å². The van der Waals surface area contributed by atoms with Gasteiger partial charge in [-0.2, -0.15) is 15.6 Å². The summed E-state index contributed by atoms with van der Waals surface area (Å²) in [7, 11) is -3.43. The molecule has 1 aliphatic heterocycles. The van der Waals surface area contributed by atoms with E-state index in [1.807, 2.05) is 12.1 Å². The minimum atomic E-state index is -3.43. The van der Waals surface area contributed by atoms with E-state index in [4.69, 9.17) is 10.2 Å². The van der Waals surface area contributed by atoms with E-state index in [2.05, 4.69) is 4.90 Å². The molecule has 1 fully saturated rings. The van der Waals surface area contributed by atoms with Gasteiger partial charge in [-0.15, -0.1) is 0 Å². The number of furan rings is 1. The van der Waals surface area contributed by atoms with Gasteiger partial charge in [0.25, 0.3) is 5.91 Å². The quantitative estimate of drug-likeness (QED) is 0.735. The third-order valence-corrected chi connectivity index (χ3v) is 7.29. The molecule has 0 unspecified atom stereocenters. The second kappa shape index (κ2) is 6.42. The van der Waals surface area contributed by atoms with Crippen LogP contribution in [0.15, 0.2) is 50.6 Å². The smallest absolute Gasteiger partial charge is 0.252 e. The van der Waals surface area contributed by atoms with E-state index < -0.39 is 15.9 Å². The van der Waals surface area contributed by atoms with Gasteiger partial charge in [0.15, 0.2) is 0 Å². The van der Waals surface area contributed by atoms with Gasteiger partial charge in [-0.1, -0.05) is 0 Å². The van der Waals surface area contributed by atoms with Crippen LogP contribution in [-0.4, -0.2) is 44.8 Å². The molecule has 26 heavy (non-hydrogen) atoms. The molecule has 0 radical (unpaired) electrons. The predicted octanol–water partition coefficient (Wildman–Crippen LogP) is 2.10. The summed E-state index contributed by atoms with van der Waals surface area (Å²) < 4.78 is 32.1. The largest absolute Gasteiger partial charge is 0.463 e. The number of nitrogens with zero attached hydrogens (tertiary/aromatic N) is 2. The Kier molecular flexibility index (Phi) is 4.22. The zero-order valence-corrected chi connectivity index (χ0v) is 15.4. The van der Waals surface area contributed by atoms with Gasteiger partial charge in [0.2, 0.25) is 10.0 Å². The van der Waals surface area contributed by atoms with Gasteiger partial charge in [-0.05, 0) is 29.6 Å². The molecule has 0 saturated carbocycles. The lowest BCUT2D eigenvalue weighted by atomic mass is 10.1. The molecule has 2 aromatic heterocycles. The number of carbonyl (C=O) groups is 1. The Labute approximate surface area is 154 Å². The van der Waals surface area contributed by atoms with Crippen molar-refractivity contribution >= 4 is 43.9 Å². The molecule has 3 aromatic rings. The number of fused-ring (bicyclic) bond motifs is 1. The molecule has 7 nitrogen and oxygen atoms in total. The molecule has 9 heteroatoms. The Hall–Kier alpha value is -2.36. The van der Waals surface area contributed by atoms with Gasteiger partial charge in [0.1, 0.15) is 11.8 Å². The van der Waals surface area contributed by atoms with Crippen LogP contribution in [0.1, 0.15) is 10.4 Å². The first-order valence-electron chi connectivity index (χ1n) is 8.05. The molecular weight excluding hydrogens is 374 g/mol. The van der Waals surface area contributed by atoms with Crippen molar-refractivity contribution in [2.45, 2.75) is 4.90 Å². The van der Waals surface area contributed by atoms with Crippen LogP contribution in [0.2, 0.25) is 0 Å². The average Bonchev–Trinajstić information content (AvgIpc) is 3.31. The highest BCUT2D eigenvalue weighted by Crippen LogP contribution is 2.28. The molecule has 0 aliphatic carbocycles. The topological polar surface area (TPSA) is 96.8 Å². The zero-order chi connectivity index (χ0) is 18.3. The predicted molar refractivity (Wildman–Crippen MR) is 100 cm³/mol. The van der Waals surface area contributed by atoms with Crippen molar-refractivity contribution in [3.63, 3.8) is 0 Å². The van der Waals surface area contributed by atoms with Crippen molar-refractivity contribution in [1.29, 1.82) is 0 Å². The Morgan fingerprint density at radius 1 is 1.15 bits per heavy atom. The summed E-state index contributed by atoms with van der Waals surface area (Å²) in [5.74, 6) is -0.535. The molecule has 4 rings (SSSR count). The Morgan fingerprint density at radius 3 is 2.58 bits per heavy atom. The summed E-state index contributed by atoms with van der Waals surface area (Å²) in [4.78, 5) is 13.9. The van der Waals surface area contributed by atoms with Crippen LogP contribution in [-0.2, 0) is 10.0 Å². The van der Waals surface area contributed by atoms with Crippen LogP contribution in [0.5, 0.6) is 0 Å². The number of anilines is 1. The Balaban J connectivity index is 1.54. The van der Waals surface area contributed by atoms with Crippen molar-refractivity contribution in [2.75, 3.05) is 31.1 Å². The summed E-state index contributed by atoms with van der Waals surface area (Å²) in [6, 6.07) is 7.19. The van der Waals surface area contributed by atoms with E-state index in [-0.39, 0.29) is 0 Å². The number of hydrogen-bond donors (Lipinski definition) is 1. The number of sulfonamides is 1. The van der Waals surface area contributed by atoms with Crippen LogP contribution in [0.3, 0.4) is 0 Å². The molecule has 3 heterocycles. The van der Waals surface area contributed by atoms with Crippen LogP contribution in [0.4, 0.5) is 5.69 Å². The number of hydrogen-bond acceptors (Lipinski definition) is 6. The van der Waals surface area contributed by atoms with E-state index >= 15 is 0 Å². The number of benzene rings is 1. The maximum absolute atomic E-state index is 12.6. The van der Waals surface area contributed by atoms with Crippen LogP contribution in [0.25, 0.3) is 11.0 Å². The summed E-state index contributed by atoms with van der Waals surface area (Å²) >= 11 is 1.37. The molecule has 1 saturated heterocycles. The number of nitrogens with two attached hydrogens (primary N) is 1. The first-order valence-corrected chi connectivity index (χ1v) is 10.4. The van der Waals surface area contributed by atoms with E-state index in [0.717, 1.165) is 5.69 Å². The number of amides is 1. The first-order chi connectivity index (χ1) is 12.5. The molecule has 0 spiro atoms. The molecule has 1 aromatic carbocycles. The van der Waals surface area contributed by atoms with E-state index in [0.29, 0.717) is 47.6 Å². The number of rotatable bonds is 4. The minimum Gasteiger partial charge on any atom is -0.463 e. The summed E-state index contributed by atoms with van der Waals surface area (Å²) in [5.41, 5.74) is 7.24. The van der Waals surface area contributed by atoms with Gasteiger partial charge >= 0.3 is 0 Å². The second-order valence-corrected chi connectivity index (χ2v) is 8.76. The lowest BCUT2D eigenvalue weighted by Crippen LogP contribution is -2.48. The zero-order valence-electron chi connectivity index (χ0n) is 13.8. The standard InChI is InChI=1S/C17H17N3O4S2/c18-17(21)15-10-24-16-2-1-12(9-14(15)16)19-4-6-20(7-5-19)26(22,23)13-3-8-25-11-13/h1-3,8-11H,4-7H2,(H2,18,21). The maximum Gasteiger partial charge on any atom is 0.252 e. The SMILES string of the molecule is NC(=O)c1coc2ccc(N3CCN(S(=O)(=O)c4ccsc4)CC3)cc12. The van der Waals surface area contributed by atoms with Gasteiger partial charge in [-0.3, -0.25) is 4.79 Å². The average molecular weight is 391 g/mol. The lowest BCUT2D eigenvalue weighted by Gasteiger charge is -2.35. The van der Waals surface area contributed by atoms with Crippen molar-refractivity contribution in [3.05, 3.63) is 46.9 Å². The molecular formula is C17H17N3O4S2. The maximum atomic E-state index is 12.6. The fourth-order valence-electron chi connectivity index (χ4n) is 3.14. The third kappa shape index (κ3) is 2.87. The van der Waals surface area contributed by atoms with Crippen molar-refractivity contribution in [2.24, 2.45) is 5.73 Å². The highest BCUT2D eigenvalue weighted by molar-refractivity contribution is 7.89. The first kappa shape index (κ1) is 17.1. The normalized spacial score (nSPS) is 16.2. The van der Waals surface area contributed by atoms with Gasteiger partial charge in [0.05, 0.1) is 10.5 Å². The van der Waals surface area contributed by atoms with Gasteiger partial charge in [-0.25, -0.2) is 8.42 Å². The second-order valence-electron chi connectivity index (χ2n) is 6.04. The van der Waals surface area contributed by atoms with Crippen molar-refractivity contribution < 1.29 is 17.6 Å². The monoisotopic (exact) mass is 391 g/mol.